The van der Waals surface area contributed by atoms with Crippen LogP contribution in [0.5, 0.6) is 0 Å². The first kappa shape index (κ1) is 18.9. The van der Waals surface area contributed by atoms with Gasteiger partial charge in [-0.15, -0.1) is 0 Å². The van der Waals surface area contributed by atoms with E-state index in [9.17, 15) is 14.7 Å². The second-order valence-electron chi connectivity index (χ2n) is 6.42. The molecule has 3 nitrogen and oxygen atoms in total. The SMILES string of the molecule is CCCCCCCc1ccc(C(=O)Cc2ccccc2C(=O)O)cc1. The highest BCUT2D eigenvalue weighted by atomic mass is 16.4. The minimum Gasteiger partial charge on any atom is -0.478 e. The van der Waals surface area contributed by atoms with E-state index >= 15 is 0 Å². The minimum absolute atomic E-state index is 0.0526. The third kappa shape index (κ3) is 5.86. The van der Waals surface area contributed by atoms with Crippen LogP contribution >= 0.6 is 0 Å². The molecule has 3 heteroatoms. The van der Waals surface area contributed by atoms with Gasteiger partial charge in [-0.2, -0.15) is 0 Å². The molecule has 2 rings (SSSR count). The lowest BCUT2D eigenvalue weighted by Crippen LogP contribution is -2.09. The number of aromatic carboxylic acids is 1. The molecule has 2 aromatic carbocycles. The van der Waals surface area contributed by atoms with Gasteiger partial charge in [0.25, 0.3) is 0 Å². The number of carboxylic acids is 1. The van der Waals surface area contributed by atoms with E-state index in [1.165, 1.54) is 43.7 Å². The maximum Gasteiger partial charge on any atom is 0.335 e. The number of hydrogen-bond donors (Lipinski definition) is 1. The van der Waals surface area contributed by atoms with E-state index in [4.69, 9.17) is 0 Å². The summed E-state index contributed by atoms with van der Waals surface area (Å²) in [6.45, 7) is 2.21. The van der Waals surface area contributed by atoms with Crippen molar-refractivity contribution in [1.29, 1.82) is 0 Å². The van der Waals surface area contributed by atoms with Crippen LogP contribution in [0, 0.1) is 0 Å². The van der Waals surface area contributed by atoms with Crippen molar-refractivity contribution in [3.05, 3.63) is 70.8 Å². The van der Waals surface area contributed by atoms with Crippen molar-refractivity contribution >= 4 is 11.8 Å². The van der Waals surface area contributed by atoms with Crippen molar-refractivity contribution in [3.8, 4) is 0 Å². The molecule has 0 aliphatic heterocycles. The summed E-state index contributed by atoms with van der Waals surface area (Å²) in [4.78, 5) is 23.7. The van der Waals surface area contributed by atoms with Gasteiger partial charge in [0, 0.05) is 12.0 Å². The number of carbonyl (C=O) groups is 2. The van der Waals surface area contributed by atoms with Gasteiger partial charge < -0.3 is 5.11 Å². The van der Waals surface area contributed by atoms with Gasteiger partial charge >= 0.3 is 5.97 Å². The molecular weight excluding hydrogens is 312 g/mol. The number of carbonyl (C=O) groups excluding carboxylic acids is 1. The first-order valence-electron chi connectivity index (χ1n) is 9.05. The molecule has 0 radical (unpaired) electrons. The van der Waals surface area contributed by atoms with Gasteiger partial charge in [-0.25, -0.2) is 4.79 Å². The molecule has 0 aliphatic carbocycles. The first-order valence-corrected chi connectivity index (χ1v) is 9.05. The zero-order chi connectivity index (χ0) is 18.1. The molecule has 2 aromatic rings. The Morgan fingerprint density at radius 1 is 0.880 bits per heavy atom. The van der Waals surface area contributed by atoms with Gasteiger partial charge in [-0.3, -0.25) is 4.79 Å². The largest absolute Gasteiger partial charge is 0.478 e. The van der Waals surface area contributed by atoms with E-state index in [1.54, 1.807) is 18.2 Å². The number of hydrogen-bond acceptors (Lipinski definition) is 2. The molecule has 0 fully saturated rings. The summed E-state index contributed by atoms with van der Waals surface area (Å²) >= 11 is 0. The summed E-state index contributed by atoms with van der Waals surface area (Å²) in [5.41, 5.74) is 2.63. The van der Waals surface area contributed by atoms with Crippen LogP contribution in [-0.4, -0.2) is 16.9 Å². The second kappa shape index (κ2) is 9.77. The lowest BCUT2D eigenvalue weighted by Gasteiger charge is -2.07. The number of carboxylic acid groups (broad SMARTS) is 1. The average Bonchev–Trinajstić information content (AvgIpc) is 2.62. The van der Waals surface area contributed by atoms with Crippen molar-refractivity contribution in [2.24, 2.45) is 0 Å². The zero-order valence-electron chi connectivity index (χ0n) is 14.8. The summed E-state index contributed by atoms with van der Waals surface area (Å²) in [6, 6.07) is 14.4. The van der Waals surface area contributed by atoms with Gasteiger partial charge in [0.1, 0.15) is 0 Å². The normalized spacial score (nSPS) is 10.6. The zero-order valence-corrected chi connectivity index (χ0v) is 14.8. The van der Waals surface area contributed by atoms with Crippen molar-refractivity contribution < 1.29 is 14.7 Å². The number of rotatable bonds is 10. The van der Waals surface area contributed by atoms with Gasteiger partial charge in [0.2, 0.25) is 0 Å². The van der Waals surface area contributed by atoms with Crippen LogP contribution in [0.3, 0.4) is 0 Å². The fraction of sp³-hybridized carbons (Fsp3) is 0.364. The molecule has 0 saturated heterocycles. The number of aryl methyl sites for hydroxylation is 1. The molecule has 0 aliphatic rings. The minimum atomic E-state index is -0.998. The molecule has 1 N–H and O–H groups in total. The predicted octanol–water partition coefficient (Wildman–Crippen LogP) is 5.32. The highest BCUT2D eigenvalue weighted by Gasteiger charge is 2.13. The molecule has 0 unspecified atom stereocenters. The first-order chi connectivity index (χ1) is 12.1. The topological polar surface area (TPSA) is 54.4 Å². The molecule has 0 aromatic heterocycles. The summed E-state index contributed by atoms with van der Waals surface area (Å²) in [7, 11) is 0. The summed E-state index contributed by atoms with van der Waals surface area (Å²) in [6.07, 6.45) is 7.42. The number of unbranched alkanes of at least 4 members (excludes halogenated alkanes) is 4. The van der Waals surface area contributed by atoms with Crippen molar-refractivity contribution in [2.45, 2.75) is 51.9 Å². The van der Waals surface area contributed by atoms with Crippen LogP contribution in [0.2, 0.25) is 0 Å². The van der Waals surface area contributed by atoms with Crippen molar-refractivity contribution in [3.63, 3.8) is 0 Å². The Morgan fingerprint density at radius 2 is 1.56 bits per heavy atom. The quantitative estimate of drug-likeness (QED) is 0.471. The third-order valence-corrected chi connectivity index (χ3v) is 4.44. The number of ketones is 1. The maximum atomic E-state index is 12.4. The third-order valence-electron chi connectivity index (χ3n) is 4.44. The van der Waals surface area contributed by atoms with E-state index in [-0.39, 0.29) is 17.8 Å². The Hall–Kier alpha value is -2.42. The van der Waals surface area contributed by atoms with Crippen LogP contribution < -0.4 is 0 Å². The Balaban J connectivity index is 1.93. The van der Waals surface area contributed by atoms with E-state index in [0.29, 0.717) is 11.1 Å². The maximum absolute atomic E-state index is 12.4. The molecule has 0 saturated carbocycles. The molecule has 25 heavy (non-hydrogen) atoms. The van der Waals surface area contributed by atoms with E-state index in [1.807, 2.05) is 24.3 Å². The lowest BCUT2D eigenvalue weighted by atomic mass is 9.97. The van der Waals surface area contributed by atoms with Crippen LogP contribution in [-0.2, 0) is 12.8 Å². The monoisotopic (exact) mass is 338 g/mol. The van der Waals surface area contributed by atoms with E-state index < -0.39 is 5.97 Å². The predicted molar refractivity (Wildman–Crippen MR) is 100 cm³/mol. The second-order valence-corrected chi connectivity index (χ2v) is 6.42. The Labute approximate surface area is 149 Å². The van der Waals surface area contributed by atoms with Crippen molar-refractivity contribution in [1.82, 2.24) is 0 Å². The molecule has 132 valence electrons. The summed E-state index contributed by atoms with van der Waals surface area (Å²) in [5, 5.41) is 9.21. The van der Waals surface area contributed by atoms with E-state index in [2.05, 4.69) is 6.92 Å². The fourth-order valence-corrected chi connectivity index (χ4v) is 2.95. The summed E-state index contributed by atoms with van der Waals surface area (Å²) < 4.78 is 0. The average molecular weight is 338 g/mol. The van der Waals surface area contributed by atoms with Crippen LogP contribution in [0.1, 0.15) is 70.9 Å². The molecule has 0 bridgehead atoms. The Kier molecular flexibility index (Phi) is 7.39. The van der Waals surface area contributed by atoms with Gasteiger partial charge in [-0.05, 0) is 30.0 Å². The van der Waals surface area contributed by atoms with Crippen LogP contribution in [0.25, 0.3) is 0 Å². The Morgan fingerprint density at radius 3 is 2.24 bits per heavy atom. The smallest absolute Gasteiger partial charge is 0.335 e. The van der Waals surface area contributed by atoms with Crippen LogP contribution in [0.4, 0.5) is 0 Å². The van der Waals surface area contributed by atoms with Crippen LogP contribution in [0.15, 0.2) is 48.5 Å². The number of benzene rings is 2. The molecular formula is C22H26O3. The molecule has 0 amide bonds. The molecule has 0 spiro atoms. The van der Waals surface area contributed by atoms with Gasteiger partial charge in [-0.1, -0.05) is 75.1 Å². The van der Waals surface area contributed by atoms with Gasteiger partial charge in [0.05, 0.1) is 5.56 Å². The lowest BCUT2D eigenvalue weighted by molar-refractivity contribution is 0.0696. The molecule has 0 heterocycles. The Bertz CT molecular complexity index is 701. The fourth-order valence-electron chi connectivity index (χ4n) is 2.95. The number of Topliss-reactive ketones (excluding diaryl/α,β-unsaturated/α-hetero) is 1. The standard InChI is InChI=1S/C22H26O3/c1-2-3-4-5-6-9-17-12-14-18(15-13-17)21(23)16-19-10-7-8-11-20(19)22(24)25/h7-8,10-15H,2-6,9,16H2,1H3,(H,24,25). The summed E-state index contributed by atoms with van der Waals surface area (Å²) in [5.74, 6) is -1.05. The molecule has 0 atom stereocenters. The highest BCUT2D eigenvalue weighted by Crippen LogP contribution is 2.15. The highest BCUT2D eigenvalue weighted by molar-refractivity contribution is 5.99. The van der Waals surface area contributed by atoms with Gasteiger partial charge in [0.15, 0.2) is 5.78 Å². The van der Waals surface area contributed by atoms with E-state index in [0.717, 1.165) is 6.42 Å². The van der Waals surface area contributed by atoms with Crippen molar-refractivity contribution in [2.75, 3.05) is 0 Å².